The van der Waals surface area contributed by atoms with E-state index in [0.29, 0.717) is 15.2 Å². The molecule has 1 saturated carbocycles. The predicted molar refractivity (Wildman–Crippen MR) is 85.1 cm³/mol. The van der Waals surface area contributed by atoms with E-state index in [-0.39, 0.29) is 23.4 Å². The predicted octanol–water partition coefficient (Wildman–Crippen LogP) is 4.13. The number of benzene rings is 1. The van der Waals surface area contributed by atoms with Crippen molar-refractivity contribution in [3.05, 3.63) is 26.7 Å². The summed E-state index contributed by atoms with van der Waals surface area (Å²) in [6, 6.07) is 2.42. The third-order valence-electron chi connectivity index (χ3n) is 3.19. The first-order valence-electron chi connectivity index (χ1n) is 6.31. The fourth-order valence-electron chi connectivity index (χ4n) is 1.97. The SMILES string of the molecule is O=C(O)CC(NC(=O)Nc1ccc(Br)c(Cl)c1Cl)C1CC1. The van der Waals surface area contributed by atoms with E-state index in [9.17, 15) is 9.59 Å². The van der Waals surface area contributed by atoms with E-state index in [0.717, 1.165) is 12.8 Å². The Bertz CT molecular complexity index is 579. The molecule has 0 heterocycles. The van der Waals surface area contributed by atoms with Crippen molar-refractivity contribution in [1.82, 2.24) is 5.32 Å². The van der Waals surface area contributed by atoms with E-state index < -0.39 is 12.0 Å². The van der Waals surface area contributed by atoms with Crippen LogP contribution < -0.4 is 10.6 Å². The largest absolute Gasteiger partial charge is 0.481 e. The van der Waals surface area contributed by atoms with Crippen molar-refractivity contribution in [1.29, 1.82) is 0 Å². The van der Waals surface area contributed by atoms with Crippen molar-refractivity contribution in [2.45, 2.75) is 25.3 Å². The number of carbonyl (C=O) groups excluding carboxylic acids is 1. The maximum absolute atomic E-state index is 12.0. The highest BCUT2D eigenvalue weighted by atomic mass is 79.9. The number of hydrogen-bond acceptors (Lipinski definition) is 2. The fourth-order valence-corrected chi connectivity index (χ4v) is 2.79. The standard InChI is InChI=1S/C13H13BrCl2N2O3/c14-7-3-4-8(12(16)11(7)15)17-13(21)18-9(5-10(19)20)6-1-2-6/h3-4,6,9H,1-2,5H2,(H,19,20)(H2,17,18,21). The summed E-state index contributed by atoms with van der Waals surface area (Å²) in [5, 5.41) is 14.6. The van der Waals surface area contributed by atoms with E-state index >= 15 is 0 Å². The Kier molecular flexibility index (Phi) is 5.35. The smallest absolute Gasteiger partial charge is 0.319 e. The third-order valence-corrected chi connectivity index (χ3v) is 4.96. The molecule has 3 N–H and O–H groups in total. The number of urea groups is 1. The van der Waals surface area contributed by atoms with Crippen LogP contribution in [0.3, 0.4) is 0 Å². The lowest BCUT2D eigenvalue weighted by atomic mass is 10.1. The van der Waals surface area contributed by atoms with Gasteiger partial charge in [0.15, 0.2) is 0 Å². The molecule has 0 spiro atoms. The van der Waals surface area contributed by atoms with E-state index in [2.05, 4.69) is 26.6 Å². The lowest BCUT2D eigenvalue weighted by Gasteiger charge is -2.17. The second-order valence-electron chi connectivity index (χ2n) is 4.86. The summed E-state index contributed by atoms with van der Waals surface area (Å²) in [5.41, 5.74) is 0.368. The van der Waals surface area contributed by atoms with Gasteiger partial charge in [-0.05, 0) is 46.8 Å². The average molecular weight is 396 g/mol. The number of anilines is 1. The maximum atomic E-state index is 12.0. The minimum atomic E-state index is -0.933. The van der Waals surface area contributed by atoms with Crippen molar-refractivity contribution < 1.29 is 14.7 Å². The van der Waals surface area contributed by atoms with E-state index in [1.54, 1.807) is 12.1 Å². The van der Waals surface area contributed by atoms with Crippen LogP contribution in [0.25, 0.3) is 0 Å². The number of halogens is 3. The van der Waals surface area contributed by atoms with Gasteiger partial charge in [-0.1, -0.05) is 23.2 Å². The number of nitrogens with one attached hydrogen (secondary N) is 2. The molecule has 1 aromatic rings. The molecule has 1 unspecified atom stereocenters. The molecule has 1 fully saturated rings. The molecular formula is C13H13BrCl2N2O3. The van der Waals surface area contributed by atoms with Gasteiger partial charge in [0.1, 0.15) is 0 Å². The molecule has 114 valence electrons. The summed E-state index contributed by atoms with van der Waals surface area (Å²) in [6.07, 6.45) is 1.78. The van der Waals surface area contributed by atoms with Crippen molar-refractivity contribution >= 4 is 56.8 Å². The number of hydrogen-bond donors (Lipinski definition) is 3. The van der Waals surface area contributed by atoms with Crippen molar-refractivity contribution in [2.75, 3.05) is 5.32 Å². The highest BCUT2D eigenvalue weighted by molar-refractivity contribution is 9.10. The molecule has 0 aromatic heterocycles. The van der Waals surface area contributed by atoms with Gasteiger partial charge < -0.3 is 15.7 Å². The fraction of sp³-hybridized carbons (Fsp3) is 0.385. The number of rotatable bonds is 5. The second kappa shape index (κ2) is 6.85. The highest BCUT2D eigenvalue weighted by Crippen LogP contribution is 2.36. The van der Waals surface area contributed by atoms with Crippen LogP contribution in [0.15, 0.2) is 16.6 Å². The van der Waals surface area contributed by atoms with Gasteiger partial charge in [-0.25, -0.2) is 4.79 Å². The van der Waals surface area contributed by atoms with Gasteiger partial charge in [0.2, 0.25) is 0 Å². The molecule has 0 bridgehead atoms. The zero-order valence-corrected chi connectivity index (χ0v) is 13.9. The highest BCUT2D eigenvalue weighted by Gasteiger charge is 2.33. The van der Waals surface area contributed by atoms with Crippen LogP contribution in [0.5, 0.6) is 0 Å². The van der Waals surface area contributed by atoms with Gasteiger partial charge in [-0.2, -0.15) is 0 Å². The Labute approximate surface area is 140 Å². The number of aliphatic carboxylic acids is 1. The number of carboxylic acid groups (broad SMARTS) is 1. The number of carboxylic acids is 1. The normalized spacial score (nSPS) is 15.4. The monoisotopic (exact) mass is 394 g/mol. The summed E-state index contributed by atoms with van der Waals surface area (Å²) in [5.74, 6) is -0.701. The van der Waals surface area contributed by atoms with Gasteiger partial charge in [-0.3, -0.25) is 4.79 Å². The zero-order chi connectivity index (χ0) is 15.6. The minimum absolute atomic E-state index is 0.0904. The van der Waals surface area contributed by atoms with Crippen LogP contribution in [-0.2, 0) is 4.79 Å². The van der Waals surface area contributed by atoms with E-state index in [1.807, 2.05) is 0 Å². The van der Waals surface area contributed by atoms with Gasteiger partial charge in [0, 0.05) is 10.5 Å². The van der Waals surface area contributed by atoms with Crippen LogP contribution in [-0.4, -0.2) is 23.1 Å². The van der Waals surface area contributed by atoms with E-state index in [4.69, 9.17) is 28.3 Å². The molecule has 8 heteroatoms. The van der Waals surface area contributed by atoms with Crippen LogP contribution in [0.1, 0.15) is 19.3 Å². The van der Waals surface area contributed by atoms with Crippen LogP contribution in [0, 0.1) is 5.92 Å². The van der Waals surface area contributed by atoms with Crippen molar-refractivity contribution in [3.8, 4) is 0 Å². The minimum Gasteiger partial charge on any atom is -0.481 e. The van der Waals surface area contributed by atoms with Gasteiger partial charge in [0.05, 0.1) is 22.2 Å². The van der Waals surface area contributed by atoms with Crippen molar-refractivity contribution in [2.24, 2.45) is 5.92 Å². The Morgan fingerprint density at radius 1 is 1.33 bits per heavy atom. The lowest BCUT2D eigenvalue weighted by molar-refractivity contribution is -0.137. The molecule has 2 rings (SSSR count). The molecule has 21 heavy (non-hydrogen) atoms. The summed E-state index contributed by atoms with van der Waals surface area (Å²) < 4.78 is 0.627. The molecule has 1 aromatic carbocycles. The quantitative estimate of drug-likeness (QED) is 0.655. The Hall–Kier alpha value is -0.980. The molecule has 1 aliphatic rings. The summed E-state index contributed by atoms with van der Waals surface area (Å²) >= 11 is 15.2. The molecule has 5 nitrogen and oxygen atoms in total. The average Bonchev–Trinajstić information content (AvgIpc) is 3.22. The summed E-state index contributed by atoms with van der Waals surface area (Å²) in [7, 11) is 0. The first kappa shape index (κ1) is 16.4. The Morgan fingerprint density at radius 2 is 2.00 bits per heavy atom. The van der Waals surface area contributed by atoms with Crippen LogP contribution in [0.4, 0.5) is 10.5 Å². The van der Waals surface area contributed by atoms with Crippen LogP contribution in [0.2, 0.25) is 10.0 Å². The first-order chi connectivity index (χ1) is 9.88. The maximum Gasteiger partial charge on any atom is 0.319 e. The van der Waals surface area contributed by atoms with Crippen molar-refractivity contribution in [3.63, 3.8) is 0 Å². The second-order valence-corrected chi connectivity index (χ2v) is 6.47. The molecule has 0 radical (unpaired) electrons. The molecule has 2 amide bonds. The number of carbonyl (C=O) groups is 2. The topological polar surface area (TPSA) is 78.4 Å². The van der Waals surface area contributed by atoms with Gasteiger partial charge in [0.25, 0.3) is 0 Å². The summed E-state index contributed by atoms with van der Waals surface area (Å²) in [4.78, 5) is 22.8. The number of amides is 2. The molecule has 0 saturated heterocycles. The van der Waals surface area contributed by atoms with Gasteiger partial charge in [-0.15, -0.1) is 0 Å². The summed E-state index contributed by atoms with van der Waals surface area (Å²) in [6.45, 7) is 0. The third kappa shape index (κ3) is 4.49. The van der Waals surface area contributed by atoms with Crippen LogP contribution >= 0.6 is 39.1 Å². The molecule has 1 atom stereocenters. The Morgan fingerprint density at radius 3 is 2.57 bits per heavy atom. The first-order valence-corrected chi connectivity index (χ1v) is 7.86. The molecule has 1 aliphatic carbocycles. The van der Waals surface area contributed by atoms with Gasteiger partial charge >= 0.3 is 12.0 Å². The molecular weight excluding hydrogens is 383 g/mol. The zero-order valence-electron chi connectivity index (χ0n) is 10.8. The van der Waals surface area contributed by atoms with E-state index in [1.165, 1.54) is 0 Å². The lowest BCUT2D eigenvalue weighted by Crippen LogP contribution is -2.40. The Balaban J connectivity index is 2.00. The molecule has 0 aliphatic heterocycles.